The van der Waals surface area contributed by atoms with Gasteiger partial charge in [-0.25, -0.2) is 9.80 Å². The number of hydrogen-bond acceptors (Lipinski definition) is 3. The number of ether oxygens (including phenoxy) is 1. The normalized spacial score (nSPS) is 18.1. The van der Waals surface area contributed by atoms with Crippen molar-refractivity contribution in [2.75, 3.05) is 11.9 Å². The molecule has 3 aromatic rings. The molecule has 1 aliphatic heterocycles. The maximum absolute atomic E-state index is 13.0. The first-order valence-corrected chi connectivity index (χ1v) is 10.4. The number of alkyl halides is 3. The molecule has 1 atom stereocenters. The van der Waals surface area contributed by atoms with Gasteiger partial charge in [0.25, 0.3) is 0 Å². The van der Waals surface area contributed by atoms with Gasteiger partial charge in [0.1, 0.15) is 5.75 Å². The van der Waals surface area contributed by atoms with Crippen LogP contribution < -0.4 is 10.1 Å². The number of carbonyl (C=O) groups excluding carboxylic acids is 1. The van der Waals surface area contributed by atoms with Crippen LogP contribution in [0.25, 0.3) is 0 Å². The number of nitrogens with one attached hydrogen (secondary N) is 1. The molecule has 1 aliphatic rings. The van der Waals surface area contributed by atoms with Gasteiger partial charge in [-0.3, -0.25) is 0 Å². The molecule has 0 aromatic heterocycles. The molecule has 0 saturated heterocycles. The number of urea groups is 1. The van der Waals surface area contributed by atoms with Crippen molar-refractivity contribution in [2.24, 2.45) is 5.10 Å². The lowest BCUT2D eigenvalue weighted by atomic mass is 9.76. The highest BCUT2D eigenvalue weighted by molar-refractivity contribution is 6.30. The molecule has 170 valence electrons. The van der Waals surface area contributed by atoms with E-state index in [1.165, 1.54) is 17.1 Å². The van der Waals surface area contributed by atoms with E-state index in [-0.39, 0.29) is 12.2 Å². The van der Waals surface area contributed by atoms with Crippen LogP contribution in [0.15, 0.2) is 84.0 Å². The van der Waals surface area contributed by atoms with E-state index in [0.29, 0.717) is 10.7 Å². The van der Waals surface area contributed by atoms with Crippen LogP contribution >= 0.6 is 11.6 Å². The number of rotatable bonds is 4. The fourth-order valence-electron chi connectivity index (χ4n) is 3.74. The lowest BCUT2D eigenvalue weighted by Gasteiger charge is -2.27. The number of amides is 2. The maximum Gasteiger partial charge on any atom is 0.573 e. The number of anilines is 1. The Morgan fingerprint density at radius 2 is 1.76 bits per heavy atom. The number of nitrogens with zero attached hydrogens (tertiary/aromatic N) is 2. The minimum absolute atomic E-state index is 0.151. The molecular weight excluding hydrogens is 455 g/mol. The minimum atomic E-state index is -4.83. The van der Waals surface area contributed by atoms with Gasteiger partial charge in [0.15, 0.2) is 0 Å². The third-order valence-corrected chi connectivity index (χ3v) is 5.54. The molecule has 33 heavy (non-hydrogen) atoms. The zero-order valence-corrected chi connectivity index (χ0v) is 18.2. The Morgan fingerprint density at radius 3 is 2.42 bits per heavy atom. The fourth-order valence-corrected chi connectivity index (χ4v) is 3.86. The van der Waals surface area contributed by atoms with E-state index in [1.54, 1.807) is 12.1 Å². The zero-order chi connectivity index (χ0) is 23.6. The highest BCUT2D eigenvalue weighted by Crippen LogP contribution is 2.35. The van der Waals surface area contributed by atoms with Crippen molar-refractivity contribution >= 4 is 29.0 Å². The number of hydrazone groups is 1. The van der Waals surface area contributed by atoms with E-state index < -0.39 is 23.6 Å². The lowest BCUT2D eigenvalue weighted by molar-refractivity contribution is -0.274. The maximum atomic E-state index is 13.0. The standard InChI is InChI=1S/C24H19ClF3N3O2/c1-23(17-6-3-2-4-7-17)15-31(30-21(23)16-10-12-18(25)13-11-16)22(32)29-19-8-5-9-20(14-19)33-24(26,27)28/h2-14H,15H2,1H3,(H,29,32). The van der Waals surface area contributed by atoms with Gasteiger partial charge in [0, 0.05) is 16.8 Å². The van der Waals surface area contributed by atoms with E-state index in [4.69, 9.17) is 11.6 Å². The zero-order valence-electron chi connectivity index (χ0n) is 17.4. The first-order chi connectivity index (χ1) is 15.6. The van der Waals surface area contributed by atoms with Gasteiger partial charge < -0.3 is 10.1 Å². The summed E-state index contributed by atoms with van der Waals surface area (Å²) in [7, 11) is 0. The summed E-state index contributed by atoms with van der Waals surface area (Å²) in [4.78, 5) is 13.0. The molecule has 0 radical (unpaired) electrons. The van der Waals surface area contributed by atoms with E-state index in [9.17, 15) is 18.0 Å². The molecule has 0 aliphatic carbocycles. The Balaban J connectivity index is 1.62. The van der Waals surface area contributed by atoms with Gasteiger partial charge in [-0.1, -0.05) is 60.1 Å². The number of hydrogen-bond donors (Lipinski definition) is 1. The second kappa shape index (κ2) is 8.78. The van der Waals surface area contributed by atoms with Crippen molar-refractivity contribution in [3.8, 4) is 5.75 Å². The Hall–Kier alpha value is -3.52. The molecule has 9 heteroatoms. The van der Waals surface area contributed by atoms with E-state index in [0.717, 1.165) is 23.3 Å². The second-order valence-corrected chi connectivity index (χ2v) is 8.15. The highest BCUT2D eigenvalue weighted by atomic mass is 35.5. The number of carbonyl (C=O) groups is 1. The Kier molecular flexibility index (Phi) is 6.03. The van der Waals surface area contributed by atoms with E-state index in [2.05, 4.69) is 15.2 Å². The summed E-state index contributed by atoms with van der Waals surface area (Å²) in [5.74, 6) is -0.429. The van der Waals surface area contributed by atoms with Gasteiger partial charge in [-0.05, 0) is 42.3 Å². The molecule has 2 amide bonds. The third kappa shape index (κ3) is 5.12. The molecule has 4 rings (SSSR count). The van der Waals surface area contributed by atoms with Gasteiger partial charge >= 0.3 is 12.4 Å². The summed E-state index contributed by atoms with van der Waals surface area (Å²) >= 11 is 6.03. The summed E-state index contributed by atoms with van der Waals surface area (Å²) in [5.41, 5.74) is 1.98. The first kappa shape index (κ1) is 22.7. The Bertz CT molecular complexity index is 1180. The van der Waals surface area contributed by atoms with Gasteiger partial charge in [-0.15, -0.1) is 13.2 Å². The largest absolute Gasteiger partial charge is 0.573 e. The summed E-state index contributed by atoms with van der Waals surface area (Å²) in [6, 6.07) is 21.3. The average molecular weight is 474 g/mol. The fraction of sp³-hybridized carbons (Fsp3) is 0.167. The Morgan fingerprint density at radius 1 is 1.06 bits per heavy atom. The Labute approximate surface area is 193 Å². The summed E-state index contributed by atoms with van der Waals surface area (Å²) in [6.45, 7) is 2.22. The molecule has 3 aromatic carbocycles. The van der Waals surface area contributed by atoms with Crippen LogP contribution in [0.4, 0.5) is 23.7 Å². The van der Waals surface area contributed by atoms with Crippen molar-refractivity contribution < 1.29 is 22.7 Å². The number of halogens is 4. The van der Waals surface area contributed by atoms with E-state index >= 15 is 0 Å². The first-order valence-electron chi connectivity index (χ1n) is 9.99. The van der Waals surface area contributed by atoms with Crippen LogP contribution in [0.3, 0.4) is 0 Å². The molecule has 1 unspecified atom stereocenters. The highest BCUT2D eigenvalue weighted by Gasteiger charge is 2.42. The molecular formula is C24H19ClF3N3O2. The van der Waals surface area contributed by atoms with Crippen molar-refractivity contribution in [1.82, 2.24) is 5.01 Å². The topological polar surface area (TPSA) is 53.9 Å². The van der Waals surface area contributed by atoms with Crippen molar-refractivity contribution in [1.29, 1.82) is 0 Å². The van der Waals surface area contributed by atoms with Crippen molar-refractivity contribution in [3.63, 3.8) is 0 Å². The molecule has 5 nitrogen and oxygen atoms in total. The van der Waals surface area contributed by atoms with Gasteiger partial charge in [0.2, 0.25) is 0 Å². The summed E-state index contributed by atoms with van der Waals surface area (Å²) in [5, 5.41) is 9.02. The predicted molar refractivity (Wildman–Crippen MR) is 121 cm³/mol. The van der Waals surface area contributed by atoms with Gasteiger partial charge in [-0.2, -0.15) is 5.10 Å². The molecule has 1 N–H and O–H groups in total. The van der Waals surface area contributed by atoms with Crippen LogP contribution in [0.1, 0.15) is 18.1 Å². The second-order valence-electron chi connectivity index (χ2n) is 7.72. The molecule has 1 heterocycles. The smallest absolute Gasteiger partial charge is 0.406 e. The van der Waals surface area contributed by atoms with Gasteiger partial charge in [0.05, 0.1) is 17.7 Å². The number of benzene rings is 3. The van der Waals surface area contributed by atoms with Crippen LogP contribution in [0.2, 0.25) is 5.02 Å². The molecule has 0 bridgehead atoms. The molecule has 0 saturated carbocycles. The minimum Gasteiger partial charge on any atom is -0.406 e. The summed E-state index contributed by atoms with van der Waals surface area (Å²) in [6.07, 6.45) is -4.83. The lowest BCUT2D eigenvalue weighted by Crippen LogP contribution is -2.38. The summed E-state index contributed by atoms with van der Waals surface area (Å²) < 4.78 is 41.5. The average Bonchev–Trinajstić information content (AvgIpc) is 3.13. The van der Waals surface area contributed by atoms with Crippen LogP contribution in [-0.4, -0.2) is 29.7 Å². The monoisotopic (exact) mass is 473 g/mol. The molecule has 0 spiro atoms. The van der Waals surface area contributed by atoms with Crippen molar-refractivity contribution in [2.45, 2.75) is 18.7 Å². The third-order valence-electron chi connectivity index (χ3n) is 5.29. The predicted octanol–water partition coefficient (Wildman–Crippen LogP) is 6.45. The molecule has 0 fully saturated rings. The van der Waals surface area contributed by atoms with E-state index in [1.807, 2.05) is 49.4 Å². The van der Waals surface area contributed by atoms with Crippen LogP contribution in [0.5, 0.6) is 5.75 Å². The SMILES string of the molecule is CC1(c2ccccc2)CN(C(=O)Nc2cccc(OC(F)(F)F)c2)N=C1c1ccc(Cl)cc1. The van der Waals surface area contributed by atoms with Crippen LogP contribution in [0, 0.1) is 0 Å². The quantitative estimate of drug-likeness (QED) is 0.473. The van der Waals surface area contributed by atoms with Crippen LogP contribution in [-0.2, 0) is 5.41 Å². The van der Waals surface area contributed by atoms with Crippen molar-refractivity contribution in [3.05, 3.63) is 95.0 Å².